The first-order valence-electron chi connectivity index (χ1n) is 4.89. The fourth-order valence-corrected chi connectivity index (χ4v) is 1.40. The van der Waals surface area contributed by atoms with Crippen LogP contribution in [0, 0.1) is 0 Å². The van der Waals surface area contributed by atoms with Gasteiger partial charge in [0.2, 0.25) is 0 Å². The van der Waals surface area contributed by atoms with Crippen molar-refractivity contribution < 1.29 is 4.79 Å². The van der Waals surface area contributed by atoms with Crippen LogP contribution < -0.4 is 0 Å². The minimum absolute atomic E-state index is 0.110. The fraction of sp³-hybridized carbons (Fsp3) is 0.182. The highest BCUT2D eigenvalue weighted by Crippen LogP contribution is 2.02. The van der Waals surface area contributed by atoms with Crippen LogP contribution in [0.4, 0.5) is 4.79 Å². The molecule has 82 valence electrons. The quantitative estimate of drug-likeness (QED) is 0.762. The third-order valence-corrected chi connectivity index (χ3v) is 2.19. The summed E-state index contributed by atoms with van der Waals surface area (Å²) in [7, 11) is 1.75. The van der Waals surface area contributed by atoms with Gasteiger partial charge in [-0.1, -0.05) is 6.07 Å². The summed E-state index contributed by atoms with van der Waals surface area (Å²) in [5, 5.41) is 0. The lowest BCUT2D eigenvalue weighted by Crippen LogP contribution is -2.29. The lowest BCUT2D eigenvalue weighted by molar-refractivity contribution is 0.208. The van der Waals surface area contributed by atoms with Gasteiger partial charge in [-0.3, -0.25) is 9.55 Å². The second-order valence-electron chi connectivity index (χ2n) is 3.47. The number of nitrogens with zero attached hydrogens (tertiary/aromatic N) is 4. The third kappa shape index (κ3) is 2.25. The van der Waals surface area contributed by atoms with Crippen molar-refractivity contribution in [1.29, 1.82) is 0 Å². The molecule has 0 N–H and O–H groups in total. The molecule has 1 amide bonds. The topological polar surface area (TPSA) is 51.0 Å². The maximum Gasteiger partial charge on any atom is 0.329 e. The highest BCUT2D eigenvalue weighted by atomic mass is 16.2. The molecule has 0 aliphatic rings. The number of pyridine rings is 1. The predicted octanol–water partition coefficient (Wildman–Crippen LogP) is 1.38. The number of rotatable bonds is 2. The highest BCUT2D eigenvalue weighted by molar-refractivity contribution is 5.76. The molecule has 0 aliphatic heterocycles. The Kier molecular flexibility index (Phi) is 2.95. The molecule has 0 saturated heterocycles. The van der Waals surface area contributed by atoms with Crippen molar-refractivity contribution >= 4 is 6.03 Å². The molecule has 0 aromatic carbocycles. The lowest BCUT2D eigenvalue weighted by atomic mass is 10.3. The van der Waals surface area contributed by atoms with E-state index < -0.39 is 0 Å². The molecule has 0 saturated carbocycles. The Morgan fingerprint density at radius 1 is 1.44 bits per heavy atom. The van der Waals surface area contributed by atoms with Crippen LogP contribution in [0.15, 0.2) is 43.2 Å². The van der Waals surface area contributed by atoms with E-state index in [1.165, 1.54) is 10.9 Å². The smallest absolute Gasteiger partial charge is 0.323 e. The van der Waals surface area contributed by atoms with E-state index in [-0.39, 0.29) is 6.03 Å². The molecule has 2 heterocycles. The Morgan fingerprint density at radius 3 is 2.94 bits per heavy atom. The summed E-state index contributed by atoms with van der Waals surface area (Å²) in [6.07, 6.45) is 8.15. The van der Waals surface area contributed by atoms with Crippen LogP contribution in [-0.2, 0) is 6.54 Å². The fourth-order valence-electron chi connectivity index (χ4n) is 1.40. The molecular weight excluding hydrogens is 204 g/mol. The molecule has 16 heavy (non-hydrogen) atoms. The Morgan fingerprint density at radius 2 is 2.31 bits per heavy atom. The number of hydrogen-bond acceptors (Lipinski definition) is 3. The molecule has 2 rings (SSSR count). The maximum atomic E-state index is 11.8. The van der Waals surface area contributed by atoms with Crippen LogP contribution in [0.1, 0.15) is 5.56 Å². The van der Waals surface area contributed by atoms with Crippen LogP contribution in [0.2, 0.25) is 0 Å². The molecule has 0 unspecified atom stereocenters. The molecule has 5 heteroatoms. The lowest BCUT2D eigenvalue weighted by Gasteiger charge is -2.16. The van der Waals surface area contributed by atoms with E-state index in [0.717, 1.165) is 5.56 Å². The molecular formula is C11H12N4O. The molecule has 0 atom stereocenters. The molecule has 0 bridgehead atoms. The summed E-state index contributed by atoms with van der Waals surface area (Å²) < 4.78 is 1.44. The normalized spacial score (nSPS) is 10.1. The summed E-state index contributed by atoms with van der Waals surface area (Å²) in [6.45, 7) is 0.533. The van der Waals surface area contributed by atoms with Crippen molar-refractivity contribution in [2.45, 2.75) is 6.54 Å². The van der Waals surface area contributed by atoms with E-state index in [0.29, 0.717) is 6.54 Å². The van der Waals surface area contributed by atoms with Crippen LogP contribution in [0.3, 0.4) is 0 Å². The highest BCUT2D eigenvalue weighted by Gasteiger charge is 2.10. The summed E-state index contributed by atoms with van der Waals surface area (Å²) >= 11 is 0. The zero-order valence-corrected chi connectivity index (χ0v) is 8.95. The van der Waals surface area contributed by atoms with E-state index in [1.54, 1.807) is 36.7 Å². The van der Waals surface area contributed by atoms with Gasteiger partial charge in [0.15, 0.2) is 0 Å². The SMILES string of the molecule is CN(Cc1cccnc1)C(=O)n1ccnc1. The van der Waals surface area contributed by atoms with Crippen LogP contribution >= 0.6 is 0 Å². The number of carbonyl (C=O) groups excluding carboxylic acids is 1. The summed E-state index contributed by atoms with van der Waals surface area (Å²) in [6, 6.07) is 3.68. The first-order valence-corrected chi connectivity index (χ1v) is 4.89. The number of hydrogen-bond donors (Lipinski definition) is 0. The van der Waals surface area contributed by atoms with E-state index >= 15 is 0 Å². The second kappa shape index (κ2) is 4.57. The second-order valence-corrected chi connectivity index (χ2v) is 3.47. The Balaban J connectivity index is 2.04. The predicted molar refractivity (Wildman–Crippen MR) is 58.7 cm³/mol. The Hall–Kier alpha value is -2.17. The first-order chi connectivity index (χ1) is 7.77. The van der Waals surface area contributed by atoms with Gasteiger partial charge in [-0.05, 0) is 11.6 Å². The molecule has 0 aliphatic carbocycles. The van der Waals surface area contributed by atoms with E-state index in [1.807, 2.05) is 12.1 Å². The van der Waals surface area contributed by atoms with Gasteiger partial charge in [-0.15, -0.1) is 0 Å². The van der Waals surface area contributed by atoms with Crippen molar-refractivity contribution in [2.24, 2.45) is 0 Å². The monoisotopic (exact) mass is 216 g/mol. The number of amides is 1. The van der Waals surface area contributed by atoms with Gasteiger partial charge in [0.25, 0.3) is 0 Å². The molecule has 0 fully saturated rings. The number of carbonyl (C=O) groups is 1. The largest absolute Gasteiger partial charge is 0.329 e. The van der Waals surface area contributed by atoms with Crippen LogP contribution in [0.25, 0.3) is 0 Å². The van der Waals surface area contributed by atoms with Gasteiger partial charge < -0.3 is 4.90 Å². The van der Waals surface area contributed by atoms with E-state index in [2.05, 4.69) is 9.97 Å². The Bertz CT molecular complexity index is 452. The van der Waals surface area contributed by atoms with Gasteiger partial charge in [0.1, 0.15) is 6.33 Å². The molecule has 2 aromatic rings. The standard InChI is InChI=1S/C11H12N4O/c1-14(8-10-3-2-4-12-7-10)11(16)15-6-5-13-9-15/h2-7,9H,8H2,1H3. The minimum atomic E-state index is -0.110. The maximum absolute atomic E-state index is 11.8. The van der Waals surface area contributed by atoms with Crippen molar-refractivity contribution in [1.82, 2.24) is 19.4 Å². The van der Waals surface area contributed by atoms with Gasteiger partial charge in [-0.25, -0.2) is 9.78 Å². The zero-order chi connectivity index (χ0) is 11.4. The van der Waals surface area contributed by atoms with Crippen LogP contribution in [0.5, 0.6) is 0 Å². The van der Waals surface area contributed by atoms with E-state index in [4.69, 9.17) is 0 Å². The summed E-state index contributed by atoms with van der Waals surface area (Å²) in [4.78, 5) is 21.3. The summed E-state index contributed by atoms with van der Waals surface area (Å²) in [5.74, 6) is 0. The van der Waals surface area contributed by atoms with E-state index in [9.17, 15) is 4.79 Å². The molecule has 2 aromatic heterocycles. The average molecular weight is 216 g/mol. The molecule has 0 radical (unpaired) electrons. The minimum Gasteiger partial charge on any atom is -0.323 e. The average Bonchev–Trinajstić information content (AvgIpc) is 2.83. The van der Waals surface area contributed by atoms with Gasteiger partial charge >= 0.3 is 6.03 Å². The van der Waals surface area contributed by atoms with Gasteiger partial charge in [-0.2, -0.15) is 0 Å². The van der Waals surface area contributed by atoms with Gasteiger partial charge in [0.05, 0.1) is 0 Å². The number of aromatic nitrogens is 3. The first kappa shape index (κ1) is 10.4. The van der Waals surface area contributed by atoms with Crippen molar-refractivity contribution in [3.8, 4) is 0 Å². The number of imidazole rings is 1. The Labute approximate surface area is 93.4 Å². The molecule has 5 nitrogen and oxygen atoms in total. The summed E-state index contributed by atoms with van der Waals surface area (Å²) in [5.41, 5.74) is 0.999. The van der Waals surface area contributed by atoms with Crippen molar-refractivity contribution in [3.63, 3.8) is 0 Å². The third-order valence-electron chi connectivity index (χ3n) is 2.19. The van der Waals surface area contributed by atoms with Crippen LogP contribution in [-0.4, -0.2) is 32.5 Å². The zero-order valence-electron chi connectivity index (χ0n) is 8.95. The van der Waals surface area contributed by atoms with Gasteiger partial charge in [0, 0.05) is 38.4 Å². The van der Waals surface area contributed by atoms with Crippen molar-refractivity contribution in [2.75, 3.05) is 7.05 Å². The molecule has 0 spiro atoms. The van der Waals surface area contributed by atoms with Crippen molar-refractivity contribution in [3.05, 3.63) is 48.8 Å².